The van der Waals surface area contributed by atoms with E-state index >= 15 is 0 Å². The van der Waals surface area contributed by atoms with Crippen molar-refractivity contribution in [1.82, 2.24) is 0 Å². The molecule has 0 aromatic heterocycles. The van der Waals surface area contributed by atoms with Crippen LogP contribution in [0.1, 0.15) is 27.8 Å². The first-order chi connectivity index (χ1) is 11.0. The van der Waals surface area contributed by atoms with Crippen molar-refractivity contribution in [2.45, 2.75) is 25.7 Å². The largest absolute Gasteiger partial charge is 0.416 e. The molecular formula is C18H14F6. The Labute approximate surface area is 135 Å². The number of halogens is 6. The molecule has 0 amide bonds. The van der Waals surface area contributed by atoms with E-state index in [9.17, 15) is 26.3 Å². The van der Waals surface area contributed by atoms with Gasteiger partial charge in [0.2, 0.25) is 0 Å². The van der Waals surface area contributed by atoms with E-state index in [4.69, 9.17) is 0 Å². The van der Waals surface area contributed by atoms with Gasteiger partial charge in [0.1, 0.15) is 0 Å². The molecule has 0 radical (unpaired) electrons. The average molecular weight is 344 g/mol. The second-order valence-corrected chi connectivity index (χ2v) is 5.50. The molecule has 0 saturated heterocycles. The van der Waals surface area contributed by atoms with Crippen LogP contribution in [-0.2, 0) is 12.6 Å². The highest BCUT2D eigenvalue weighted by atomic mass is 19.4. The van der Waals surface area contributed by atoms with Crippen molar-refractivity contribution < 1.29 is 26.3 Å². The Kier molecular flexibility index (Phi) is 5.06. The highest BCUT2D eigenvalue weighted by Crippen LogP contribution is 2.32. The van der Waals surface area contributed by atoms with E-state index in [0.29, 0.717) is 6.07 Å². The molecule has 0 aliphatic rings. The predicted molar refractivity (Wildman–Crippen MR) is 81.3 cm³/mol. The number of alkyl halides is 6. The number of benzene rings is 2. The van der Waals surface area contributed by atoms with Gasteiger partial charge in [0.15, 0.2) is 0 Å². The van der Waals surface area contributed by atoms with Gasteiger partial charge < -0.3 is 0 Å². The fraction of sp³-hybridized carbons (Fsp3) is 0.222. The normalized spacial score (nSPS) is 12.8. The fourth-order valence-corrected chi connectivity index (χ4v) is 2.18. The molecule has 0 atom stereocenters. The first-order valence-electron chi connectivity index (χ1n) is 7.06. The molecule has 24 heavy (non-hydrogen) atoms. The van der Waals surface area contributed by atoms with Crippen LogP contribution in [0.3, 0.4) is 0 Å². The van der Waals surface area contributed by atoms with Gasteiger partial charge in [0.05, 0.1) is 12.0 Å². The Morgan fingerprint density at radius 1 is 0.792 bits per heavy atom. The zero-order chi connectivity index (χ0) is 18.0. The van der Waals surface area contributed by atoms with Crippen LogP contribution in [-0.4, -0.2) is 6.18 Å². The summed E-state index contributed by atoms with van der Waals surface area (Å²) < 4.78 is 76.1. The molecule has 0 N–H and O–H groups in total. The molecule has 0 bridgehead atoms. The Hall–Kier alpha value is -2.24. The van der Waals surface area contributed by atoms with Gasteiger partial charge in [-0.2, -0.15) is 26.3 Å². The van der Waals surface area contributed by atoms with Crippen LogP contribution in [0.25, 0.3) is 12.2 Å². The van der Waals surface area contributed by atoms with Gasteiger partial charge in [-0.15, -0.1) is 0 Å². The van der Waals surface area contributed by atoms with E-state index in [-0.39, 0.29) is 5.56 Å². The Balaban J connectivity index is 2.37. The minimum absolute atomic E-state index is 0.0737. The van der Waals surface area contributed by atoms with Gasteiger partial charge in [-0.25, -0.2) is 0 Å². The summed E-state index contributed by atoms with van der Waals surface area (Å²) in [5, 5.41) is 0. The van der Waals surface area contributed by atoms with Gasteiger partial charge in [-0.05, 0) is 35.7 Å². The summed E-state index contributed by atoms with van der Waals surface area (Å²) in [5.41, 5.74) is 0.340. The monoisotopic (exact) mass is 344 g/mol. The van der Waals surface area contributed by atoms with E-state index in [1.54, 1.807) is 18.2 Å². The van der Waals surface area contributed by atoms with Crippen molar-refractivity contribution in [2.75, 3.05) is 0 Å². The van der Waals surface area contributed by atoms with Crippen molar-refractivity contribution in [3.63, 3.8) is 0 Å². The lowest BCUT2D eigenvalue weighted by Gasteiger charge is -2.12. The third-order valence-corrected chi connectivity index (χ3v) is 3.29. The van der Waals surface area contributed by atoms with E-state index in [1.807, 2.05) is 19.1 Å². The Bertz CT molecular complexity index is 721. The van der Waals surface area contributed by atoms with Crippen molar-refractivity contribution in [3.8, 4) is 0 Å². The molecule has 0 unspecified atom stereocenters. The zero-order valence-electron chi connectivity index (χ0n) is 12.7. The highest BCUT2D eigenvalue weighted by molar-refractivity contribution is 5.70. The average Bonchev–Trinajstić information content (AvgIpc) is 2.44. The van der Waals surface area contributed by atoms with Crippen molar-refractivity contribution in [1.29, 1.82) is 0 Å². The predicted octanol–water partition coefficient (Wildman–Crippen LogP) is 6.29. The lowest BCUT2D eigenvalue weighted by molar-refractivity contribution is -0.138. The third kappa shape index (κ3) is 5.44. The summed E-state index contributed by atoms with van der Waals surface area (Å²) in [6, 6.07) is 9.71. The van der Waals surface area contributed by atoms with Crippen LogP contribution in [0.5, 0.6) is 0 Å². The summed E-state index contributed by atoms with van der Waals surface area (Å²) in [6.07, 6.45) is -7.73. The van der Waals surface area contributed by atoms with Crippen LogP contribution < -0.4 is 0 Å². The molecule has 0 saturated carbocycles. The first kappa shape index (κ1) is 18.1. The maximum Gasteiger partial charge on any atom is 0.416 e. The van der Waals surface area contributed by atoms with E-state index in [1.165, 1.54) is 6.08 Å². The quantitative estimate of drug-likeness (QED) is 0.453. The lowest BCUT2D eigenvalue weighted by atomic mass is 10.0. The standard InChI is InChI=1S/C18H14F6/c1-12-2-4-13(5-3-12)6-7-14-8-15(11-17(19,20)21)10-16(9-14)18(22,23)24/h2-10H,11H2,1H3/b7-6+. The summed E-state index contributed by atoms with van der Waals surface area (Å²) in [7, 11) is 0. The summed E-state index contributed by atoms with van der Waals surface area (Å²) in [6.45, 7) is 1.89. The molecular weight excluding hydrogens is 330 g/mol. The van der Waals surface area contributed by atoms with Crippen molar-refractivity contribution in [3.05, 3.63) is 70.3 Å². The minimum atomic E-state index is -4.70. The van der Waals surface area contributed by atoms with E-state index in [2.05, 4.69) is 0 Å². The molecule has 0 heterocycles. The van der Waals surface area contributed by atoms with Gasteiger partial charge in [-0.1, -0.05) is 48.0 Å². The van der Waals surface area contributed by atoms with Crippen molar-refractivity contribution >= 4 is 12.2 Å². The Morgan fingerprint density at radius 3 is 1.92 bits per heavy atom. The zero-order valence-corrected chi connectivity index (χ0v) is 12.7. The van der Waals surface area contributed by atoms with E-state index < -0.39 is 29.9 Å². The van der Waals surface area contributed by atoms with Crippen LogP contribution in [0.4, 0.5) is 26.3 Å². The van der Waals surface area contributed by atoms with Gasteiger partial charge in [0, 0.05) is 0 Å². The number of rotatable bonds is 3. The lowest BCUT2D eigenvalue weighted by Crippen LogP contribution is -2.13. The van der Waals surface area contributed by atoms with Gasteiger partial charge in [0.25, 0.3) is 0 Å². The molecule has 6 heteroatoms. The number of hydrogen-bond donors (Lipinski definition) is 0. The van der Waals surface area contributed by atoms with Crippen LogP contribution >= 0.6 is 0 Å². The topological polar surface area (TPSA) is 0 Å². The number of hydrogen-bond acceptors (Lipinski definition) is 0. The molecule has 0 fully saturated rings. The second kappa shape index (κ2) is 6.71. The molecule has 2 aromatic carbocycles. The molecule has 128 valence electrons. The maximum atomic E-state index is 12.9. The summed E-state index contributed by atoms with van der Waals surface area (Å²) in [4.78, 5) is 0. The van der Waals surface area contributed by atoms with Crippen molar-refractivity contribution in [2.24, 2.45) is 0 Å². The minimum Gasteiger partial charge on any atom is -0.171 e. The van der Waals surface area contributed by atoms with Gasteiger partial charge in [-0.3, -0.25) is 0 Å². The van der Waals surface area contributed by atoms with E-state index in [0.717, 1.165) is 23.3 Å². The van der Waals surface area contributed by atoms with Crippen LogP contribution in [0.2, 0.25) is 0 Å². The fourth-order valence-electron chi connectivity index (χ4n) is 2.18. The first-order valence-corrected chi connectivity index (χ1v) is 7.06. The summed E-state index contributed by atoms with van der Waals surface area (Å²) in [5.74, 6) is 0. The van der Waals surface area contributed by atoms with Crippen LogP contribution in [0, 0.1) is 6.92 Å². The molecule has 0 nitrogen and oxygen atoms in total. The van der Waals surface area contributed by atoms with Gasteiger partial charge >= 0.3 is 12.4 Å². The molecule has 2 rings (SSSR count). The summed E-state index contributed by atoms with van der Waals surface area (Å²) >= 11 is 0. The third-order valence-electron chi connectivity index (χ3n) is 3.29. The number of aryl methyl sites for hydroxylation is 1. The smallest absolute Gasteiger partial charge is 0.171 e. The Morgan fingerprint density at radius 2 is 1.38 bits per heavy atom. The molecule has 0 spiro atoms. The van der Waals surface area contributed by atoms with Crippen LogP contribution in [0.15, 0.2) is 42.5 Å². The molecule has 2 aromatic rings. The molecule has 0 aliphatic heterocycles. The highest BCUT2D eigenvalue weighted by Gasteiger charge is 2.33. The SMILES string of the molecule is Cc1ccc(/C=C/c2cc(CC(F)(F)F)cc(C(F)(F)F)c2)cc1. The second-order valence-electron chi connectivity index (χ2n) is 5.50. The maximum absolute atomic E-state index is 12.9. The molecule has 0 aliphatic carbocycles.